The van der Waals surface area contributed by atoms with Gasteiger partial charge in [-0.25, -0.2) is 0 Å². The fourth-order valence-electron chi connectivity index (χ4n) is 2.72. The van der Waals surface area contributed by atoms with Crippen molar-refractivity contribution in [3.05, 3.63) is 34.9 Å². The van der Waals surface area contributed by atoms with E-state index >= 15 is 0 Å². The Balaban J connectivity index is 3.74. The lowest BCUT2D eigenvalue weighted by molar-refractivity contribution is 0.395. The fourth-order valence-corrected chi connectivity index (χ4v) is 2.72. The van der Waals surface area contributed by atoms with Crippen molar-refractivity contribution < 1.29 is 4.74 Å². The summed E-state index contributed by atoms with van der Waals surface area (Å²) in [6.07, 6.45) is 2.32. The van der Waals surface area contributed by atoms with Gasteiger partial charge in [-0.15, -0.1) is 0 Å². The Bertz CT molecular complexity index is 548. The van der Waals surface area contributed by atoms with Gasteiger partial charge in [-0.1, -0.05) is 67.5 Å². The van der Waals surface area contributed by atoms with Gasteiger partial charge in [0.25, 0.3) is 0 Å². The smallest absolute Gasteiger partial charge is 0.130 e. The Morgan fingerprint density at radius 2 is 1.55 bits per heavy atom. The van der Waals surface area contributed by atoms with E-state index in [1.165, 1.54) is 22.3 Å². The molecule has 0 radical (unpaired) electrons. The van der Waals surface area contributed by atoms with Gasteiger partial charge < -0.3 is 4.74 Å². The molecule has 1 rings (SSSR count). The van der Waals surface area contributed by atoms with E-state index in [0.717, 1.165) is 5.75 Å². The minimum Gasteiger partial charge on any atom is -0.496 e. The average Bonchev–Trinajstić information content (AvgIpc) is 2.33. The maximum Gasteiger partial charge on any atom is 0.130 e. The van der Waals surface area contributed by atoms with Gasteiger partial charge in [0.2, 0.25) is 0 Å². The van der Waals surface area contributed by atoms with Gasteiger partial charge in [0.05, 0.1) is 7.11 Å². The highest BCUT2D eigenvalue weighted by Gasteiger charge is 2.26. The van der Waals surface area contributed by atoms with Crippen LogP contribution in [0, 0.1) is 5.92 Å². The van der Waals surface area contributed by atoms with Crippen LogP contribution in [0.3, 0.4) is 0 Å². The molecule has 1 nitrogen and oxygen atoms in total. The maximum atomic E-state index is 5.83. The zero-order valence-corrected chi connectivity index (χ0v) is 16.2. The van der Waals surface area contributed by atoms with Crippen LogP contribution in [0.1, 0.15) is 79.0 Å². The van der Waals surface area contributed by atoms with Gasteiger partial charge in [-0.2, -0.15) is 0 Å². The molecule has 0 fully saturated rings. The Kier molecular flexibility index (Phi) is 5.54. The van der Waals surface area contributed by atoms with E-state index in [1.807, 2.05) is 0 Å². The van der Waals surface area contributed by atoms with E-state index in [1.54, 1.807) is 7.11 Å². The lowest BCUT2D eigenvalue weighted by Crippen LogP contribution is -2.18. The van der Waals surface area contributed by atoms with Crippen LogP contribution in [-0.2, 0) is 10.8 Å². The van der Waals surface area contributed by atoms with Gasteiger partial charge in [0.15, 0.2) is 0 Å². The topological polar surface area (TPSA) is 9.23 Å². The van der Waals surface area contributed by atoms with Crippen molar-refractivity contribution in [1.29, 1.82) is 0 Å². The minimum atomic E-state index is 0.0550. The highest BCUT2D eigenvalue weighted by atomic mass is 16.5. The summed E-state index contributed by atoms with van der Waals surface area (Å²) < 4.78 is 5.83. The van der Waals surface area contributed by atoms with Crippen LogP contribution in [0.25, 0.3) is 5.57 Å². The molecule has 0 aliphatic rings. The van der Waals surface area contributed by atoms with Crippen molar-refractivity contribution in [2.45, 2.75) is 73.1 Å². The first kappa shape index (κ1) is 18.8. The molecule has 0 aliphatic carbocycles. The van der Waals surface area contributed by atoms with Crippen molar-refractivity contribution in [3.8, 4) is 5.75 Å². The molecule has 0 saturated heterocycles. The summed E-state index contributed by atoms with van der Waals surface area (Å²) in [7, 11) is 1.79. The predicted molar refractivity (Wildman–Crippen MR) is 98.9 cm³/mol. The van der Waals surface area contributed by atoms with Gasteiger partial charge in [-0.05, 0) is 40.9 Å². The molecule has 1 heteroatoms. The summed E-state index contributed by atoms with van der Waals surface area (Å²) in [5, 5.41) is 0. The van der Waals surface area contributed by atoms with Gasteiger partial charge in [0, 0.05) is 11.1 Å². The van der Waals surface area contributed by atoms with E-state index in [4.69, 9.17) is 4.74 Å². The van der Waals surface area contributed by atoms with E-state index < -0.39 is 0 Å². The molecule has 0 N–H and O–H groups in total. The number of methoxy groups -OCH3 is 1. The highest BCUT2D eigenvalue weighted by molar-refractivity contribution is 5.72. The zero-order valence-electron chi connectivity index (χ0n) is 16.2. The second kappa shape index (κ2) is 6.48. The van der Waals surface area contributed by atoms with Crippen LogP contribution in [0.2, 0.25) is 0 Å². The third kappa shape index (κ3) is 4.38. The van der Waals surface area contributed by atoms with E-state index in [0.29, 0.717) is 5.92 Å². The van der Waals surface area contributed by atoms with Crippen LogP contribution in [-0.4, -0.2) is 7.11 Å². The first-order chi connectivity index (χ1) is 9.87. The first-order valence-electron chi connectivity index (χ1n) is 8.29. The standard InChI is InChI=1S/C21H34O/c1-14(2)11-15(3)17-12-16(20(4,5)6)13-18(19(17)22-10)21(7,8)9/h11-14H,1-10H3/b15-11-. The average molecular weight is 303 g/mol. The lowest BCUT2D eigenvalue weighted by Gasteiger charge is -2.29. The molecule has 124 valence electrons. The summed E-state index contributed by atoms with van der Waals surface area (Å²) in [5.74, 6) is 1.55. The minimum absolute atomic E-state index is 0.0550. The van der Waals surface area contributed by atoms with E-state index in [-0.39, 0.29) is 10.8 Å². The Hall–Kier alpha value is -1.24. The highest BCUT2D eigenvalue weighted by Crippen LogP contribution is 2.40. The van der Waals surface area contributed by atoms with Crippen LogP contribution in [0.4, 0.5) is 0 Å². The first-order valence-corrected chi connectivity index (χ1v) is 8.29. The molecule has 22 heavy (non-hydrogen) atoms. The van der Waals surface area contributed by atoms with E-state index in [2.05, 4.69) is 80.5 Å². The number of hydrogen-bond acceptors (Lipinski definition) is 1. The summed E-state index contributed by atoms with van der Waals surface area (Å²) in [6, 6.07) is 4.63. The molecule has 0 heterocycles. The molecule has 0 saturated carbocycles. The molecule has 0 amide bonds. The Morgan fingerprint density at radius 1 is 1.00 bits per heavy atom. The normalized spacial score (nSPS) is 13.7. The predicted octanol–water partition coefficient (Wildman–Crippen LogP) is 6.35. The third-order valence-electron chi connectivity index (χ3n) is 3.98. The summed E-state index contributed by atoms with van der Waals surface area (Å²) in [6.45, 7) is 20.2. The van der Waals surface area contributed by atoms with Crippen molar-refractivity contribution in [2.24, 2.45) is 5.92 Å². The number of ether oxygens (including phenoxy) is 1. The lowest BCUT2D eigenvalue weighted by atomic mass is 9.78. The molecule has 0 unspecified atom stereocenters. The molecule has 0 spiro atoms. The van der Waals surface area contributed by atoms with Crippen LogP contribution < -0.4 is 4.74 Å². The molecule has 1 aromatic carbocycles. The number of allylic oxidation sites excluding steroid dienone is 2. The van der Waals surface area contributed by atoms with Gasteiger partial charge in [0.1, 0.15) is 5.75 Å². The monoisotopic (exact) mass is 302 g/mol. The van der Waals surface area contributed by atoms with Gasteiger partial charge in [-0.3, -0.25) is 0 Å². The number of hydrogen-bond donors (Lipinski definition) is 0. The molecular formula is C21H34O. The summed E-state index contributed by atoms with van der Waals surface area (Å²) >= 11 is 0. The number of rotatable bonds is 3. The Morgan fingerprint density at radius 3 is 1.91 bits per heavy atom. The van der Waals surface area contributed by atoms with Crippen molar-refractivity contribution >= 4 is 5.57 Å². The maximum absolute atomic E-state index is 5.83. The second-order valence-electron chi connectivity index (χ2n) is 8.70. The van der Waals surface area contributed by atoms with Crippen LogP contribution in [0.15, 0.2) is 18.2 Å². The Labute approximate surface area is 137 Å². The van der Waals surface area contributed by atoms with E-state index in [9.17, 15) is 0 Å². The van der Waals surface area contributed by atoms with Crippen LogP contribution in [0.5, 0.6) is 5.75 Å². The third-order valence-corrected chi connectivity index (χ3v) is 3.98. The molecule has 0 atom stereocenters. The number of benzene rings is 1. The quantitative estimate of drug-likeness (QED) is 0.632. The zero-order chi connectivity index (χ0) is 17.3. The van der Waals surface area contributed by atoms with Crippen LogP contribution >= 0.6 is 0 Å². The van der Waals surface area contributed by atoms with Crippen molar-refractivity contribution in [3.63, 3.8) is 0 Å². The molecular weight excluding hydrogens is 268 g/mol. The SMILES string of the molecule is COc1c(/C(C)=C\C(C)C)cc(C(C)(C)C)cc1C(C)(C)C. The van der Waals surface area contributed by atoms with Gasteiger partial charge >= 0.3 is 0 Å². The largest absolute Gasteiger partial charge is 0.496 e. The van der Waals surface area contributed by atoms with Crippen molar-refractivity contribution in [2.75, 3.05) is 7.11 Å². The second-order valence-corrected chi connectivity index (χ2v) is 8.70. The molecule has 0 aromatic heterocycles. The fraction of sp³-hybridized carbons (Fsp3) is 0.619. The molecule has 0 bridgehead atoms. The molecule has 1 aromatic rings. The van der Waals surface area contributed by atoms with Crippen molar-refractivity contribution in [1.82, 2.24) is 0 Å². The summed E-state index contributed by atoms with van der Waals surface area (Å²) in [4.78, 5) is 0. The summed E-state index contributed by atoms with van der Waals surface area (Å²) in [5.41, 5.74) is 5.36. The molecule has 0 aliphatic heterocycles.